The lowest BCUT2D eigenvalue weighted by atomic mass is 9.76. The van der Waals surface area contributed by atoms with Crippen molar-refractivity contribution in [3.63, 3.8) is 0 Å². The average Bonchev–Trinajstić information content (AvgIpc) is 3.23. The Labute approximate surface area is 173 Å². The van der Waals surface area contributed by atoms with Gasteiger partial charge in [-0.1, -0.05) is 78.4 Å². The molecule has 2 nitrogen and oxygen atoms in total. The number of benzene rings is 3. The lowest BCUT2D eigenvalue weighted by Crippen LogP contribution is -2.30. The summed E-state index contributed by atoms with van der Waals surface area (Å²) in [6, 6.07) is 23.8. The minimum atomic E-state index is 0.246. The first kappa shape index (κ1) is 18.1. The second kappa shape index (κ2) is 7.44. The maximum absolute atomic E-state index is 6.30. The molecule has 3 unspecified atom stereocenters. The highest BCUT2D eigenvalue weighted by atomic mass is 16.5. The van der Waals surface area contributed by atoms with Gasteiger partial charge in [-0.2, -0.15) is 0 Å². The molecular weight excluding hydrogens is 354 g/mol. The van der Waals surface area contributed by atoms with Crippen LogP contribution in [0.5, 0.6) is 5.75 Å². The monoisotopic (exact) mass is 381 g/mol. The Morgan fingerprint density at radius 1 is 0.931 bits per heavy atom. The van der Waals surface area contributed by atoms with Gasteiger partial charge < -0.3 is 10.1 Å². The van der Waals surface area contributed by atoms with Crippen molar-refractivity contribution in [2.24, 2.45) is 5.92 Å². The molecule has 1 aliphatic carbocycles. The average molecular weight is 382 g/mol. The summed E-state index contributed by atoms with van der Waals surface area (Å²) < 4.78 is 6.30. The zero-order valence-electron chi connectivity index (χ0n) is 17.1. The Balaban J connectivity index is 1.50. The van der Waals surface area contributed by atoms with Crippen molar-refractivity contribution in [3.05, 3.63) is 107 Å². The van der Waals surface area contributed by atoms with Gasteiger partial charge in [-0.05, 0) is 48.9 Å². The predicted octanol–water partition coefficient (Wildman–Crippen LogP) is 6.71. The molecule has 0 saturated heterocycles. The fourth-order valence-corrected chi connectivity index (χ4v) is 4.99. The van der Waals surface area contributed by atoms with E-state index in [1.807, 2.05) is 6.07 Å². The molecule has 29 heavy (non-hydrogen) atoms. The van der Waals surface area contributed by atoms with E-state index in [2.05, 4.69) is 92.0 Å². The maximum atomic E-state index is 6.30. The van der Waals surface area contributed by atoms with Gasteiger partial charge in [-0.15, -0.1) is 0 Å². The highest BCUT2D eigenvalue weighted by Crippen LogP contribution is 2.52. The van der Waals surface area contributed by atoms with Gasteiger partial charge in [0.2, 0.25) is 0 Å². The number of hydrogen-bond acceptors (Lipinski definition) is 2. The molecule has 0 saturated carbocycles. The third kappa shape index (κ3) is 3.33. The van der Waals surface area contributed by atoms with Gasteiger partial charge in [-0.25, -0.2) is 0 Å². The molecule has 2 heteroatoms. The molecule has 3 aromatic rings. The van der Waals surface area contributed by atoms with Crippen LogP contribution < -0.4 is 10.1 Å². The van der Waals surface area contributed by atoms with E-state index in [0.29, 0.717) is 18.4 Å². The van der Waals surface area contributed by atoms with Crippen LogP contribution in [0.1, 0.15) is 46.2 Å². The molecule has 3 atom stereocenters. The normalized spacial score (nSPS) is 21.9. The number of rotatable bonds is 4. The van der Waals surface area contributed by atoms with E-state index < -0.39 is 0 Å². The topological polar surface area (TPSA) is 21.3 Å². The molecule has 146 valence electrons. The summed E-state index contributed by atoms with van der Waals surface area (Å²) in [7, 11) is 0. The molecule has 2 aliphatic rings. The van der Waals surface area contributed by atoms with Crippen LogP contribution in [0.25, 0.3) is 0 Å². The van der Waals surface area contributed by atoms with Gasteiger partial charge in [0.1, 0.15) is 12.4 Å². The van der Waals surface area contributed by atoms with Crippen molar-refractivity contribution in [3.8, 4) is 5.75 Å². The second-order valence-corrected chi connectivity index (χ2v) is 8.33. The standard InChI is InChI=1S/C27H27NO/c1-18-15-19(2)26-24(16-18)21-12-8-13-22(21)27(28-26)23-11-6-7-14-25(23)29-17-20-9-4-3-5-10-20/h3-12,14-16,21-22,27-28H,13,17H2,1-2H3. The third-order valence-corrected chi connectivity index (χ3v) is 6.30. The zero-order valence-corrected chi connectivity index (χ0v) is 17.1. The summed E-state index contributed by atoms with van der Waals surface area (Å²) in [6.07, 6.45) is 5.86. The summed E-state index contributed by atoms with van der Waals surface area (Å²) in [5.74, 6) is 1.97. The number of aryl methyl sites for hydroxylation is 2. The summed E-state index contributed by atoms with van der Waals surface area (Å²) in [5, 5.41) is 3.90. The molecule has 0 amide bonds. The third-order valence-electron chi connectivity index (χ3n) is 6.30. The number of hydrogen-bond donors (Lipinski definition) is 1. The van der Waals surface area contributed by atoms with Crippen LogP contribution in [0, 0.1) is 19.8 Å². The number of para-hydroxylation sites is 1. The number of nitrogens with one attached hydrogen (secondary N) is 1. The quantitative estimate of drug-likeness (QED) is 0.507. The number of fused-ring (bicyclic) bond motifs is 3. The van der Waals surface area contributed by atoms with Gasteiger partial charge in [-0.3, -0.25) is 0 Å². The summed E-state index contributed by atoms with van der Waals surface area (Å²) >= 11 is 0. The van der Waals surface area contributed by atoms with E-state index in [4.69, 9.17) is 4.74 Å². The molecule has 1 N–H and O–H groups in total. The molecule has 1 heterocycles. The van der Waals surface area contributed by atoms with Crippen LogP contribution in [0.4, 0.5) is 5.69 Å². The highest BCUT2D eigenvalue weighted by Gasteiger charge is 2.39. The SMILES string of the molecule is Cc1cc(C)c2c(c1)C1C=CCC1C(c1ccccc1OCc1ccccc1)N2. The molecule has 0 aromatic heterocycles. The summed E-state index contributed by atoms with van der Waals surface area (Å²) in [5.41, 5.74) is 7.86. The van der Waals surface area contributed by atoms with E-state index in [1.54, 1.807) is 0 Å². The lowest BCUT2D eigenvalue weighted by Gasteiger charge is -2.39. The van der Waals surface area contributed by atoms with Gasteiger partial charge >= 0.3 is 0 Å². The fraction of sp³-hybridized carbons (Fsp3) is 0.259. The van der Waals surface area contributed by atoms with E-state index in [1.165, 1.54) is 33.5 Å². The molecule has 0 fully saturated rings. The van der Waals surface area contributed by atoms with Crippen LogP contribution >= 0.6 is 0 Å². The van der Waals surface area contributed by atoms with E-state index in [9.17, 15) is 0 Å². The Morgan fingerprint density at radius 2 is 1.72 bits per heavy atom. The van der Waals surface area contributed by atoms with Gasteiger partial charge in [0, 0.05) is 17.2 Å². The molecule has 0 radical (unpaired) electrons. The first-order valence-corrected chi connectivity index (χ1v) is 10.5. The predicted molar refractivity (Wildman–Crippen MR) is 119 cm³/mol. The largest absolute Gasteiger partial charge is 0.489 e. The number of allylic oxidation sites excluding steroid dienone is 2. The number of ether oxygens (including phenoxy) is 1. The molecule has 0 bridgehead atoms. The number of anilines is 1. The summed E-state index contributed by atoms with van der Waals surface area (Å²) in [4.78, 5) is 0. The Morgan fingerprint density at radius 3 is 2.59 bits per heavy atom. The van der Waals surface area contributed by atoms with Crippen molar-refractivity contribution >= 4 is 5.69 Å². The van der Waals surface area contributed by atoms with Gasteiger partial charge in [0.25, 0.3) is 0 Å². The first-order chi connectivity index (χ1) is 14.2. The van der Waals surface area contributed by atoms with Crippen LogP contribution in [0.2, 0.25) is 0 Å². The van der Waals surface area contributed by atoms with Crippen LogP contribution in [-0.2, 0) is 6.61 Å². The Kier molecular flexibility index (Phi) is 4.63. The lowest BCUT2D eigenvalue weighted by molar-refractivity contribution is 0.296. The van der Waals surface area contributed by atoms with Crippen molar-refractivity contribution in [2.45, 2.75) is 38.8 Å². The minimum absolute atomic E-state index is 0.246. The highest BCUT2D eigenvalue weighted by molar-refractivity contribution is 5.65. The smallest absolute Gasteiger partial charge is 0.125 e. The van der Waals surface area contributed by atoms with Crippen LogP contribution in [0.15, 0.2) is 78.9 Å². The minimum Gasteiger partial charge on any atom is -0.489 e. The van der Waals surface area contributed by atoms with E-state index >= 15 is 0 Å². The molecule has 1 aliphatic heterocycles. The van der Waals surface area contributed by atoms with E-state index in [0.717, 1.165) is 12.2 Å². The first-order valence-electron chi connectivity index (χ1n) is 10.5. The van der Waals surface area contributed by atoms with E-state index in [-0.39, 0.29) is 6.04 Å². The molecule has 0 spiro atoms. The van der Waals surface area contributed by atoms with Crippen molar-refractivity contribution in [1.29, 1.82) is 0 Å². The Bertz CT molecular complexity index is 1050. The van der Waals surface area contributed by atoms with Gasteiger partial charge in [0.15, 0.2) is 0 Å². The van der Waals surface area contributed by atoms with Gasteiger partial charge in [0.05, 0.1) is 6.04 Å². The summed E-state index contributed by atoms with van der Waals surface area (Å²) in [6.45, 7) is 5.00. The Hall–Kier alpha value is -3.00. The molecular formula is C27H27NO. The maximum Gasteiger partial charge on any atom is 0.125 e. The van der Waals surface area contributed by atoms with Crippen LogP contribution in [0.3, 0.4) is 0 Å². The molecule has 3 aromatic carbocycles. The van der Waals surface area contributed by atoms with Crippen LogP contribution in [-0.4, -0.2) is 0 Å². The zero-order chi connectivity index (χ0) is 19.8. The van der Waals surface area contributed by atoms with Crippen molar-refractivity contribution < 1.29 is 4.74 Å². The second-order valence-electron chi connectivity index (χ2n) is 8.33. The van der Waals surface area contributed by atoms with Crippen molar-refractivity contribution in [1.82, 2.24) is 0 Å². The molecule has 5 rings (SSSR count). The fourth-order valence-electron chi connectivity index (χ4n) is 4.99. The van der Waals surface area contributed by atoms with Crippen molar-refractivity contribution in [2.75, 3.05) is 5.32 Å².